The normalized spacial score (nSPS) is 19.0. The van der Waals surface area contributed by atoms with E-state index >= 15 is 14.4 Å². The molecule has 0 saturated heterocycles. The molecule has 0 bridgehead atoms. The third-order valence-corrected chi connectivity index (χ3v) is 14.2. The molecular formula is C56H42O32. The molecule has 0 spiro atoms. The van der Waals surface area contributed by atoms with Crippen molar-refractivity contribution in [1.29, 1.82) is 0 Å². The van der Waals surface area contributed by atoms with E-state index < -0.39 is 257 Å². The first-order chi connectivity index (χ1) is 41.5. The summed E-state index contributed by atoms with van der Waals surface area (Å²) in [5.41, 5.74) is -11.0. The van der Waals surface area contributed by atoms with Crippen LogP contribution in [0.15, 0.2) is 60.7 Å². The second kappa shape index (κ2) is 21.7. The van der Waals surface area contributed by atoms with Gasteiger partial charge >= 0.3 is 29.8 Å². The minimum atomic E-state index is -2.94. The van der Waals surface area contributed by atoms with Crippen LogP contribution in [-0.2, 0) is 30.1 Å². The van der Waals surface area contributed by atoms with E-state index in [1.165, 1.54) is 6.07 Å². The van der Waals surface area contributed by atoms with Crippen LogP contribution in [0.4, 0.5) is 0 Å². The first kappa shape index (κ1) is 58.8. The first-order valence-corrected chi connectivity index (χ1v) is 24.9. The van der Waals surface area contributed by atoms with Crippen LogP contribution in [0, 0.1) is 0 Å². The number of ether oxygens (including phenoxy) is 7. The lowest BCUT2D eigenvalue weighted by Crippen LogP contribution is -2.55. The molecule has 0 aliphatic carbocycles. The maximum Gasteiger partial charge on any atom is 0.339 e. The number of hydrogen-bond acceptors (Lipinski definition) is 32. The van der Waals surface area contributed by atoms with E-state index in [9.17, 15) is 112 Å². The summed E-state index contributed by atoms with van der Waals surface area (Å²) in [6.07, 6.45) is -15.0. The Hall–Kier alpha value is -12.4. The van der Waals surface area contributed by atoms with Gasteiger partial charge in [-0.25, -0.2) is 24.0 Å². The quantitative estimate of drug-likeness (QED) is 0.0619. The molecule has 10 rings (SSSR count). The van der Waals surface area contributed by atoms with E-state index in [2.05, 4.69) is 0 Å². The third kappa shape index (κ3) is 9.85. The molecule has 0 saturated carbocycles. The number of carbonyl (C=O) groups excluding carboxylic acids is 5. The van der Waals surface area contributed by atoms with Crippen molar-refractivity contribution in [3.63, 3.8) is 0 Å². The van der Waals surface area contributed by atoms with E-state index in [-0.39, 0.29) is 11.1 Å². The van der Waals surface area contributed by atoms with Gasteiger partial charge in [-0.15, -0.1) is 0 Å². The van der Waals surface area contributed by atoms with Crippen LogP contribution in [0.25, 0.3) is 22.3 Å². The molecule has 32 heteroatoms. The van der Waals surface area contributed by atoms with Gasteiger partial charge in [0.05, 0.1) is 33.9 Å². The Morgan fingerprint density at radius 2 is 0.886 bits per heavy atom. The van der Waals surface area contributed by atoms with Crippen LogP contribution in [0.1, 0.15) is 69.0 Å². The zero-order valence-corrected chi connectivity index (χ0v) is 43.7. The summed E-state index contributed by atoms with van der Waals surface area (Å²) in [7, 11) is 0. The third-order valence-electron chi connectivity index (χ3n) is 14.2. The molecule has 32 nitrogen and oxygen atoms in total. The molecule has 7 aromatic carbocycles. The summed E-state index contributed by atoms with van der Waals surface area (Å²) in [5.74, 6) is -35.4. The molecule has 458 valence electrons. The number of aliphatic hydroxyl groups excluding tert-OH is 1. The molecule has 0 amide bonds. The van der Waals surface area contributed by atoms with E-state index in [4.69, 9.17) is 33.2 Å². The highest BCUT2D eigenvalue weighted by atomic mass is 16.6. The van der Waals surface area contributed by atoms with E-state index in [1.807, 2.05) is 0 Å². The van der Waals surface area contributed by atoms with Crippen molar-refractivity contribution in [2.45, 2.75) is 43.0 Å². The SMILES string of the molecule is O=C(OC1COC(=O)c2cc(O)c(O)c(O)c2-c2c(cc(O)c(O)c2O)C(=O)O[C@H]1[C@@H]1OC(=O)c2cc(O)c(O)c(O)c2-c2c(cc(O)c(O)c2O)C(=O)O[C@H]1COc1c(O)cc(O)c2c1O[C@H](c1ccc(O)c(O)c1)[C@@H](O)C2)c1cc(O)c(O)c(O)c1. The Morgan fingerprint density at radius 1 is 0.443 bits per heavy atom. The molecule has 1 unspecified atom stereocenters. The van der Waals surface area contributed by atoms with Gasteiger partial charge in [0, 0.05) is 40.3 Å². The molecule has 88 heavy (non-hydrogen) atoms. The standard InChI is InChI=1S/C56H42O32/c57-21-2-1-14(3-23(21)59)47-30(66)6-16-22(58)11-31(67)49(48(16)86-47)82-12-32-50(87-56(81)20-10-29(65)42(72)46(76)37(20)35-18(54(79)85-32)8-27(63)40(70)44(35)74)51-33(84-52(77)15-4-24(60)38(68)25(61)5-15)13-83-53(78)17-7-26(62)39(69)43(73)34(17)36-19(55(80)88-51)9-28(64)41(71)45(36)75/h1-5,7-11,30,32-33,47,50-51,57-76H,6,12-13H2/t30-,32-,33?,47+,50+,51+/m0/s1. The lowest BCUT2D eigenvalue weighted by atomic mass is 9.91. The predicted molar refractivity (Wildman–Crippen MR) is 280 cm³/mol. The summed E-state index contributed by atoms with van der Waals surface area (Å²) < 4.78 is 40.9. The van der Waals surface area contributed by atoms with E-state index in [0.717, 1.165) is 12.1 Å². The maximum absolute atomic E-state index is 15.2. The van der Waals surface area contributed by atoms with Gasteiger partial charge in [-0.3, -0.25) is 0 Å². The van der Waals surface area contributed by atoms with Gasteiger partial charge in [-0.05, 0) is 54.1 Å². The first-order valence-electron chi connectivity index (χ1n) is 24.9. The fourth-order valence-electron chi connectivity index (χ4n) is 9.88. The van der Waals surface area contributed by atoms with Crippen molar-refractivity contribution >= 4 is 29.8 Å². The van der Waals surface area contributed by atoms with Crippen molar-refractivity contribution in [2.75, 3.05) is 13.2 Å². The Morgan fingerprint density at radius 3 is 1.36 bits per heavy atom. The lowest BCUT2D eigenvalue weighted by Gasteiger charge is -2.37. The summed E-state index contributed by atoms with van der Waals surface area (Å²) >= 11 is 0. The van der Waals surface area contributed by atoms with Gasteiger partial charge in [-0.1, -0.05) is 6.07 Å². The summed E-state index contributed by atoms with van der Waals surface area (Å²) in [6.45, 7) is -3.12. The average Bonchev–Trinajstić information content (AvgIpc) is 0.963. The average molecular weight is 1230 g/mol. The molecule has 3 aliphatic rings. The van der Waals surface area contributed by atoms with Gasteiger partial charge < -0.3 is 135 Å². The Bertz CT molecular complexity index is 4150. The Balaban J connectivity index is 1.23. The fourth-order valence-corrected chi connectivity index (χ4v) is 9.88. The van der Waals surface area contributed by atoms with Crippen LogP contribution >= 0.6 is 0 Å². The van der Waals surface area contributed by atoms with Gasteiger partial charge in [0.1, 0.15) is 19.0 Å². The van der Waals surface area contributed by atoms with Crippen molar-refractivity contribution in [2.24, 2.45) is 0 Å². The maximum atomic E-state index is 15.2. The van der Waals surface area contributed by atoms with Gasteiger partial charge in [-0.2, -0.15) is 0 Å². The van der Waals surface area contributed by atoms with Crippen LogP contribution < -0.4 is 9.47 Å². The Kier molecular flexibility index (Phi) is 14.5. The molecule has 0 fully saturated rings. The lowest BCUT2D eigenvalue weighted by molar-refractivity contribution is -0.136. The van der Waals surface area contributed by atoms with Gasteiger partial charge in [0.15, 0.2) is 117 Å². The molecule has 0 radical (unpaired) electrons. The van der Waals surface area contributed by atoms with Crippen LogP contribution in [0.2, 0.25) is 0 Å². The largest absolute Gasteiger partial charge is 0.507 e. The van der Waals surface area contributed by atoms with E-state index in [0.29, 0.717) is 42.5 Å². The molecule has 20 N–H and O–H groups in total. The number of fused-ring (bicyclic) bond motifs is 7. The minimum absolute atomic E-state index is 0.0460. The molecule has 7 aromatic rings. The second-order valence-corrected chi connectivity index (χ2v) is 19.6. The van der Waals surface area contributed by atoms with Crippen LogP contribution in [0.3, 0.4) is 0 Å². The zero-order chi connectivity index (χ0) is 64.0. The summed E-state index contributed by atoms with van der Waals surface area (Å²) in [6, 6.07) is 6.13. The van der Waals surface area contributed by atoms with Crippen molar-refractivity contribution in [3.8, 4) is 143 Å². The number of carbonyl (C=O) groups is 5. The number of phenols is 19. The molecule has 3 heterocycles. The van der Waals surface area contributed by atoms with Crippen molar-refractivity contribution in [3.05, 3.63) is 99.6 Å². The number of hydrogen-bond donors (Lipinski definition) is 20. The van der Waals surface area contributed by atoms with Gasteiger partial charge in [0.25, 0.3) is 0 Å². The van der Waals surface area contributed by atoms with Crippen LogP contribution in [-0.4, -0.2) is 176 Å². The van der Waals surface area contributed by atoms with Crippen molar-refractivity contribution < 1.29 is 159 Å². The number of aliphatic hydroxyl groups is 1. The minimum Gasteiger partial charge on any atom is -0.507 e. The smallest absolute Gasteiger partial charge is 0.339 e. The second-order valence-electron chi connectivity index (χ2n) is 19.6. The summed E-state index contributed by atoms with van der Waals surface area (Å²) in [5, 5.41) is 217. The monoisotopic (exact) mass is 1230 g/mol. The Labute approximate surface area is 486 Å². The number of esters is 5. The molecular weight excluding hydrogens is 1180 g/mol. The number of phenolic OH excluding ortho intramolecular Hbond substituents is 19. The number of cyclic esters (lactones) is 4. The molecule has 3 aliphatic heterocycles. The highest BCUT2D eigenvalue weighted by Gasteiger charge is 2.50. The highest BCUT2D eigenvalue weighted by molar-refractivity contribution is 6.10. The molecule has 0 aromatic heterocycles. The highest BCUT2D eigenvalue weighted by Crippen LogP contribution is 2.56. The topological polar surface area (TPSA) is 555 Å². The summed E-state index contributed by atoms with van der Waals surface area (Å²) in [4.78, 5) is 74.1. The van der Waals surface area contributed by atoms with E-state index in [1.54, 1.807) is 0 Å². The zero-order valence-electron chi connectivity index (χ0n) is 43.7. The predicted octanol–water partition coefficient (Wildman–Crippen LogP) is 3.23. The number of benzene rings is 7. The fraction of sp³-hybridized carbons (Fsp3) is 0.161. The van der Waals surface area contributed by atoms with Gasteiger partial charge in [0.2, 0.25) is 28.7 Å². The van der Waals surface area contributed by atoms with Crippen LogP contribution in [0.5, 0.6) is 121 Å². The number of aromatic hydroxyl groups is 19. The molecule has 6 atom stereocenters. The van der Waals surface area contributed by atoms with Crippen molar-refractivity contribution in [1.82, 2.24) is 0 Å². The number of rotatable bonds is 7.